The van der Waals surface area contributed by atoms with Gasteiger partial charge in [0.25, 0.3) is 0 Å². The van der Waals surface area contributed by atoms with Gasteiger partial charge in [-0.3, -0.25) is 9.59 Å². The fourth-order valence-corrected chi connectivity index (χ4v) is 4.55. The summed E-state index contributed by atoms with van der Waals surface area (Å²) in [5, 5.41) is 4.07. The Balaban J connectivity index is 1.84. The molecule has 2 aromatic rings. The van der Waals surface area contributed by atoms with E-state index in [1.54, 1.807) is 23.1 Å². The summed E-state index contributed by atoms with van der Waals surface area (Å²) < 4.78 is 0. The summed E-state index contributed by atoms with van der Waals surface area (Å²) >= 11 is 12.6. The highest BCUT2D eigenvalue weighted by molar-refractivity contribution is 6.36. The van der Waals surface area contributed by atoms with Gasteiger partial charge in [-0.15, -0.1) is 0 Å². The van der Waals surface area contributed by atoms with E-state index in [1.165, 1.54) is 0 Å². The van der Waals surface area contributed by atoms with Gasteiger partial charge in [-0.25, -0.2) is 0 Å². The Morgan fingerprint density at radius 3 is 2.27 bits per heavy atom. The van der Waals surface area contributed by atoms with E-state index >= 15 is 0 Å². The molecular weight excluding hydrogens is 419 g/mol. The Morgan fingerprint density at radius 1 is 1.03 bits per heavy atom. The van der Waals surface area contributed by atoms with Gasteiger partial charge in [0.15, 0.2) is 0 Å². The summed E-state index contributed by atoms with van der Waals surface area (Å²) in [6.07, 6.45) is 4.87. The molecule has 4 nitrogen and oxygen atoms in total. The molecule has 0 aliphatic heterocycles. The number of nitrogens with zero attached hydrogens (tertiary/aromatic N) is 1. The van der Waals surface area contributed by atoms with Crippen LogP contribution in [-0.2, 0) is 22.6 Å². The second kappa shape index (κ2) is 10.8. The van der Waals surface area contributed by atoms with Crippen LogP contribution in [0.3, 0.4) is 0 Å². The zero-order valence-electron chi connectivity index (χ0n) is 17.2. The predicted molar refractivity (Wildman–Crippen MR) is 122 cm³/mol. The molecule has 30 heavy (non-hydrogen) atoms. The molecule has 1 aliphatic rings. The Bertz CT molecular complexity index is 847. The highest BCUT2D eigenvalue weighted by Gasteiger charge is 2.31. The Labute approximate surface area is 188 Å². The van der Waals surface area contributed by atoms with Crippen LogP contribution in [0.1, 0.15) is 50.2 Å². The van der Waals surface area contributed by atoms with Gasteiger partial charge in [-0.2, -0.15) is 0 Å². The van der Waals surface area contributed by atoms with Crippen LogP contribution < -0.4 is 5.32 Å². The van der Waals surface area contributed by atoms with E-state index in [0.29, 0.717) is 28.6 Å². The molecule has 0 saturated heterocycles. The molecule has 2 aromatic carbocycles. The van der Waals surface area contributed by atoms with Crippen molar-refractivity contribution < 1.29 is 9.59 Å². The standard InChI is InChI=1S/C24H28Cl2N2O2/c1-2-22(24(30)27-18-11-6-7-12-18)28(16-17-9-4-3-5-10-17)23(29)15-19-20(25)13-8-14-21(19)26/h3-5,8-10,13-14,18,22H,2,6-7,11-12,15-16H2,1H3,(H,27,30)/t22-/m0/s1. The van der Waals surface area contributed by atoms with Gasteiger partial charge >= 0.3 is 0 Å². The Kier molecular flexibility index (Phi) is 8.17. The fraction of sp³-hybridized carbons (Fsp3) is 0.417. The number of benzene rings is 2. The molecular formula is C24H28Cl2N2O2. The number of rotatable bonds is 8. The first kappa shape index (κ1) is 22.6. The second-order valence-corrected chi connectivity index (χ2v) is 8.61. The van der Waals surface area contributed by atoms with Crippen molar-refractivity contribution in [2.75, 3.05) is 0 Å². The number of halogens is 2. The average molecular weight is 447 g/mol. The van der Waals surface area contributed by atoms with Crippen LogP contribution in [0.5, 0.6) is 0 Å². The molecule has 0 heterocycles. The quantitative estimate of drug-likeness (QED) is 0.589. The van der Waals surface area contributed by atoms with E-state index in [4.69, 9.17) is 23.2 Å². The van der Waals surface area contributed by atoms with Gasteiger partial charge in [0.1, 0.15) is 6.04 Å². The Morgan fingerprint density at radius 2 is 1.67 bits per heavy atom. The van der Waals surface area contributed by atoms with Crippen LogP contribution in [0.4, 0.5) is 0 Å². The summed E-state index contributed by atoms with van der Waals surface area (Å²) in [6.45, 7) is 2.30. The third-order valence-corrected chi connectivity index (χ3v) is 6.38. The van der Waals surface area contributed by atoms with Crippen molar-refractivity contribution in [1.29, 1.82) is 0 Å². The molecule has 1 N–H and O–H groups in total. The van der Waals surface area contributed by atoms with E-state index in [-0.39, 0.29) is 24.3 Å². The molecule has 160 valence electrons. The maximum Gasteiger partial charge on any atom is 0.243 e. The monoisotopic (exact) mass is 446 g/mol. The van der Waals surface area contributed by atoms with E-state index in [0.717, 1.165) is 31.2 Å². The minimum Gasteiger partial charge on any atom is -0.352 e. The van der Waals surface area contributed by atoms with Crippen molar-refractivity contribution in [3.8, 4) is 0 Å². The van der Waals surface area contributed by atoms with Gasteiger partial charge in [-0.1, -0.05) is 79.4 Å². The molecule has 1 aliphatic carbocycles. The molecule has 0 spiro atoms. The molecule has 0 radical (unpaired) electrons. The van der Waals surface area contributed by atoms with Gasteiger partial charge in [0, 0.05) is 22.6 Å². The molecule has 0 bridgehead atoms. The zero-order chi connectivity index (χ0) is 21.5. The van der Waals surface area contributed by atoms with Gasteiger partial charge < -0.3 is 10.2 Å². The summed E-state index contributed by atoms with van der Waals surface area (Å²) in [4.78, 5) is 28.2. The summed E-state index contributed by atoms with van der Waals surface area (Å²) in [6, 6.07) is 14.6. The second-order valence-electron chi connectivity index (χ2n) is 7.80. The highest BCUT2D eigenvalue weighted by Crippen LogP contribution is 2.26. The van der Waals surface area contributed by atoms with Crippen LogP contribution in [0, 0.1) is 0 Å². The lowest BCUT2D eigenvalue weighted by Crippen LogP contribution is -2.51. The zero-order valence-corrected chi connectivity index (χ0v) is 18.8. The molecule has 3 rings (SSSR count). The Hall–Kier alpha value is -2.04. The maximum atomic E-state index is 13.4. The third kappa shape index (κ3) is 5.77. The smallest absolute Gasteiger partial charge is 0.243 e. The topological polar surface area (TPSA) is 49.4 Å². The lowest BCUT2D eigenvalue weighted by molar-refractivity contribution is -0.141. The molecule has 6 heteroatoms. The normalized spacial score (nSPS) is 15.0. The van der Waals surface area contributed by atoms with Crippen LogP contribution >= 0.6 is 23.2 Å². The van der Waals surface area contributed by atoms with Crippen molar-refractivity contribution in [1.82, 2.24) is 10.2 Å². The summed E-state index contributed by atoms with van der Waals surface area (Å²) in [5.74, 6) is -0.249. The van der Waals surface area contributed by atoms with E-state index in [2.05, 4.69) is 5.32 Å². The van der Waals surface area contributed by atoms with Crippen molar-refractivity contribution >= 4 is 35.0 Å². The first-order valence-electron chi connectivity index (χ1n) is 10.6. The van der Waals surface area contributed by atoms with Crippen molar-refractivity contribution in [3.63, 3.8) is 0 Å². The van der Waals surface area contributed by atoms with Crippen molar-refractivity contribution in [2.45, 2.75) is 64.1 Å². The summed E-state index contributed by atoms with van der Waals surface area (Å²) in [7, 11) is 0. The van der Waals surface area contributed by atoms with Crippen LogP contribution in [-0.4, -0.2) is 28.8 Å². The minimum absolute atomic E-state index is 0.0541. The number of nitrogens with one attached hydrogen (secondary N) is 1. The molecule has 2 amide bonds. The molecule has 1 saturated carbocycles. The largest absolute Gasteiger partial charge is 0.352 e. The van der Waals surface area contributed by atoms with Gasteiger partial charge in [0.2, 0.25) is 11.8 Å². The lowest BCUT2D eigenvalue weighted by Gasteiger charge is -2.31. The van der Waals surface area contributed by atoms with E-state index in [9.17, 15) is 9.59 Å². The van der Waals surface area contributed by atoms with E-state index in [1.807, 2.05) is 37.3 Å². The molecule has 1 atom stereocenters. The maximum absolute atomic E-state index is 13.4. The predicted octanol–water partition coefficient (Wildman–Crippen LogP) is 5.40. The number of hydrogen-bond acceptors (Lipinski definition) is 2. The van der Waals surface area contributed by atoms with Gasteiger partial charge in [0.05, 0.1) is 6.42 Å². The highest BCUT2D eigenvalue weighted by atomic mass is 35.5. The minimum atomic E-state index is -0.542. The van der Waals surface area contributed by atoms with Crippen LogP contribution in [0.15, 0.2) is 48.5 Å². The first-order valence-corrected chi connectivity index (χ1v) is 11.3. The van der Waals surface area contributed by atoms with Crippen LogP contribution in [0.2, 0.25) is 10.0 Å². The number of hydrogen-bond donors (Lipinski definition) is 1. The summed E-state index contributed by atoms with van der Waals surface area (Å²) in [5.41, 5.74) is 1.57. The van der Waals surface area contributed by atoms with Crippen LogP contribution in [0.25, 0.3) is 0 Å². The molecule has 1 fully saturated rings. The average Bonchev–Trinajstić information content (AvgIpc) is 3.24. The van der Waals surface area contributed by atoms with Crippen molar-refractivity contribution in [2.24, 2.45) is 0 Å². The SMILES string of the molecule is CC[C@@H](C(=O)NC1CCCC1)N(Cc1ccccc1)C(=O)Cc1c(Cl)cccc1Cl. The number of carbonyl (C=O) groups excluding carboxylic acids is 2. The number of carbonyl (C=O) groups is 2. The fourth-order valence-electron chi connectivity index (χ4n) is 4.02. The van der Waals surface area contributed by atoms with Crippen molar-refractivity contribution in [3.05, 3.63) is 69.7 Å². The van der Waals surface area contributed by atoms with E-state index < -0.39 is 6.04 Å². The lowest BCUT2D eigenvalue weighted by atomic mass is 10.1. The third-order valence-electron chi connectivity index (χ3n) is 5.67. The first-order chi connectivity index (χ1) is 14.5. The molecule has 0 aromatic heterocycles. The number of amides is 2. The molecule has 0 unspecified atom stereocenters. The van der Waals surface area contributed by atoms with Gasteiger partial charge in [-0.05, 0) is 42.5 Å².